The van der Waals surface area contributed by atoms with Crippen LogP contribution in [0.15, 0.2) is 48.5 Å². The minimum Gasteiger partial charge on any atom is -0.496 e. The topological polar surface area (TPSA) is 42.5 Å². The van der Waals surface area contributed by atoms with E-state index < -0.39 is 6.36 Å². The van der Waals surface area contributed by atoms with Crippen molar-refractivity contribution in [2.45, 2.75) is 37.8 Å². The molecule has 1 heterocycles. The number of halogens is 5. The van der Waals surface area contributed by atoms with Crippen LogP contribution < -0.4 is 20.1 Å². The average molecular weight is 453 g/mol. The summed E-state index contributed by atoms with van der Waals surface area (Å²) < 4.78 is 46.8. The summed E-state index contributed by atoms with van der Waals surface area (Å²) in [5, 5.41) is 7.00. The Bertz CT molecular complexity index is 748. The van der Waals surface area contributed by atoms with Crippen LogP contribution in [-0.2, 0) is 6.54 Å². The number of nitrogens with one attached hydrogen (secondary N) is 2. The van der Waals surface area contributed by atoms with E-state index in [9.17, 15) is 13.2 Å². The number of rotatable bonds is 6. The number of hydrogen-bond donors (Lipinski definition) is 2. The zero-order valence-corrected chi connectivity index (χ0v) is 17.5. The highest BCUT2D eigenvalue weighted by Gasteiger charge is 2.31. The van der Waals surface area contributed by atoms with Crippen LogP contribution in [0.1, 0.15) is 30.0 Å². The first-order valence-corrected chi connectivity index (χ1v) is 8.90. The van der Waals surface area contributed by atoms with Gasteiger partial charge in [0, 0.05) is 24.2 Å². The molecular weight excluding hydrogens is 428 g/mol. The predicted octanol–water partition coefficient (Wildman–Crippen LogP) is 5.02. The molecule has 1 saturated heterocycles. The van der Waals surface area contributed by atoms with Crippen molar-refractivity contribution in [3.63, 3.8) is 0 Å². The Balaban J connectivity index is 0.00000210. The molecule has 1 aliphatic heterocycles. The van der Waals surface area contributed by atoms with Crippen LogP contribution in [0, 0.1) is 0 Å². The van der Waals surface area contributed by atoms with Gasteiger partial charge in [0.1, 0.15) is 11.5 Å². The standard InChI is InChI=1S/C20H23F3N2O2.2ClH/c1-26-18-10-9-16(27-20(21,22)23)12-15(18)13-25-17-8-5-11-24-19(17)14-6-3-2-4-7-14;;/h2-4,6-7,9-10,12,17,19,24-25H,5,8,11,13H2,1H3;2*1H. The van der Waals surface area contributed by atoms with Crippen molar-refractivity contribution >= 4 is 24.8 Å². The second kappa shape index (κ2) is 11.5. The van der Waals surface area contributed by atoms with Crippen molar-refractivity contribution in [2.75, 3.05) is 13.7 Å². The lowest BCUT2D eigenvalue weighted by atomic mass is 9.92. The summed E-state index contributed by atoms with van der Waals surface area (Å²) in [4.78, 5) is 0. The minimum absolute atomic E-state index is 0. The zero-order valence-electron chi connectivity index (χ0n) is 15.9. The molecule has 0 aliphatic carbocycles. The van der Waals surface area contributed by atoms with E-state index in [0.717, 1.165) is 19.4 Å². The third kappa shape index (κ3) is 7.26. The first-order chi connectivity index (χ1) is 13.0. The molecule has 0 bridgehead atoms. The molecular formula is C20H25Cl2F3N2O2. The molecule has 3 rings (SSSR count). The first kappa shape index (κ1) is 25.4. The van der Waals surface area contributed by atoms with E-state index in [2.05, 4.69) is 27.5 Å². The Labute approximate surface area is 181 Å². The van der Waals surface area contributed by atoms with E-state index in [4.69, 9.17) is 4.74 Å². The summed E-state index contributed by atoms with van der Waals surface area (Å²) in [5.41, 5.74) is 1.81. The summed E-state index contributed by atoms with van der Waals surface area (Å²) in [7, 11) is 1.50. The molecule has 29 heavy (non-hydrogen) atoms. The van der Waals surface area contributed by atoms with Crippen LogP contribution in [0.2, 0.25) is 0 Å². The van der Waals surface area contributed by atoms with Crippen molar-refractivity contribution in [1.82, 2.24) is 10.6 Å². The molecule has 2 aromatic carbocycles. The average Bonchev–Trinajstić information content (AvgIpc) is 2.66. The molecule has 2 aromatic rings. The molecule has 9 heteroatoms. The minimum atomic E-state index is -4.72. The van der Waals surface area contributed by atoms with E-state index in [0.29, 0.717) is 17.9 Å². The summed E-state index contributed by atoms with van der Waals surface area (Å²) >= 11 is 0. The summed E-state index contributed by atoms with van der Waals surface area (Å²) in [6.45, 7) is 1.32. The molecule has 2 N–H and O–H groups in total. The Morgan fingerprint density at radius 2 is 1.83 bits per heavy atom. The Hall–Kier alpha value is -1.67. The van der Waals surface area contributed by atoms with E-state index in [1.165, 1.54) is 30.9 Å². The van der Waals surface area contributed by atoms with Crippen LogP contribution in [-0.4, -0.2) is 26.1 Å². The van der Waals surface area contributed by atoms with Gasteiger partial charge in [0.2, 0.25) is 0 Å². The van der Waals surface area contributed by atoms with E-state index in [-0.39, 0.29) is 42.6 Å². The van der Waals surface area contributed by atoms with E-state index >= 15 is 0 Å². The van der Waals surface area contributed by atoms with Gasteiger partial charge in [-0.3, -0.25) is 0 Å². The van der Waals surface area contributed by atoms with Crippen LogP contribution in [0.5, 0.6) is 11.5 Å². The van der Waals surface area contributed by atoms with Gasteiger partial charge in [0.05, 0.1) is 7.11 Å². The number of alkyl halides is 3. The van der Waals surface area contributed by atoms with Crippen molar-refractivity contribution in [2.24, 2.45) is 0 Å². The molecule has 0 spiro atoms. The zero-order chi connectivity index (χ0) is 19.3. The molecule has 4 nitrogen and oxygen atoms in total. The number of hydrogen-bond acceptors (Lipinski definition) is 4. The number of ether oxygens (including phenoxy) is 2. The molecule has 162 valence electrons. The van der Waals surface area contributed by atoms with Gasteiger partial charge in [-0.25, -0.2) is 0 Å². The first-order valence-electron chi connectivity index (χ1n) is 8.90. The van der Waals surface area contributed by atoms with Gasteiger partial charge >= 0.3 is 6.36 Å². The molecule has 2 atom stereocenters. The third-order valence-electron chi connectivity index (χ3n) is 4.66. The quantitative estimate of drug-likeness (QED) is 0.645. The van der Waals surface area contributed by atoms with Gasteiger partial charge in [-0.15, -0.1) is 38.0 Å². The molecule has 0 radical (unpaired) electrons. The van der Waals surface area contributed by atoms with E-state index in [1.54, 1.807) is 0 Å². The molecule has 0 amide bonds. The van der Waals surface area contributed by atoms with Crippen molar-refractivity contribution in [3.8, 4) is 11.5 Å². The van der Waals surface area contributed by atoms with Gasteiger partial charge in [-0.05, 0) is 43.1 Å². The molecule has 2 unspecified atom stereocenters. The predicted molar refractivity (Wildman–Crippen MR) is 111 cm³/mol. The Morgan fingerprint density at radius 1 is 1.10 bits per heavy atom. The van der Waals surface area contributed by atoms with Gasteiger partial charge in [-0.2, -0.15) is 0 Å². The number of benzene rings is 2. The monoisotopic (exact) mass is 452 g/mol. The van der Waals surface area contributed by atoms with Crippen molar-refractivity contribution in [3.05, 3.63) is 59.7 Å². The van der Waals surface area contributed by atoms with Crippen LogP contribution in [0.3, 0.4) is 0 Å². The maximum Gasteiger partial charge on any atom is 0.573 e. The third-order valence-corrected chi connectivity index (χ3v) is 4.66. The van der Waals surface area contributed by atoms with Gasteiger partial charge in [0.15, 0.2) is 0 Å². The smallest absolute Gasteiger partial charge is 0.496 e. The molecule has 1 aliphatic rings. The highest BCUT2D eigenvalue weighted by molar-refractivity contribution is 5.85. The lowest BCUT2D eigenvalue weighted by molar-refractivity contribution is -0.274. The fourth-order valence-corrected chi connectivity index (χ4v) is 3.45. The summed E-state index contributed by atoms with van der Waals surface area (Å²) in [6, 6.07) is 14.6. The van der Waals surface area contributed by atoms with Crippen molar-refractivity contribution in [1.29, 1.82) is 0 Å². The second-order valence-corrected chi connectivity index (χ2v) is 6.49. The maximum atomic E-state index is 12.5. The maximum absolute atomic E-state index is 12.5. The van der Waals surface area contributed by atoms with Crippen LogP contribution in [0.4, 0.5) is 13.2 Å². The second-order valence-electron chi connectivity index (χ2n) is 6.49. The largest absolute Gasteiger partial charge is 0.573 e. The Morgan fingerprint density at radius 3 is 2.48 bits per heavy atom. The molecule has 0 saturated carbocycles. The van der Waals surface area contributed by atoms with Gasteiger partial charge in [-0.1, -0.05) is 30.3 Å². The highest BCUT2D eigenvalue weighted by Crippen LogP contribution is 2.29. The Kier molecular flexibility index (Phi) is 10.1. The summed E-state index contributed by atoms with van der Waals surface area (Å²) in [5.74, 6) is 0.276. The molecule has 0 aromatic heterocycles. The van der Waals surface area contributed by atoms with E-state index in [1.807, 2.05) is 18.2 Å². The fraction of sp³-hybridized carbons (Fsp3) is 0.400. The lowest BCUT2D eigenvalue weighted by Gasteiger charge is -2.34. The fourth-order valence-electron chi connectivity index (χ4n) is 3.45. The normalized spacial score (nSPS) is 18.9. The molecule has 1 fully saturated rings. The lowest BCUT2D eigenvalue weighted by Crippen LogP contribution is -2.45. The highest BCUT2D eigenvalue weighted by atomic mass is 35.5. The number of methoxy groups -OCH3 is 1. The van der Waals surface area contributed by atoms with Crippen LogP contribution >= 0.6 is 24.8 Å². The number of piperidine rings is 1. The van der Waals surface area contributed by atoms with Gasteiger partial charge in [0.25, 0.3) is 0 Å². The SMILES string of the molecule is COc1ccc(OC(F)(F)F)cc1CNC1CCCNC1c1ccccc1.Cl.Cl. The van der Waals surface area contributed by atoms with Crippen molar-refractivity contribution < 1.29 is 22.6 Å². The summed E-state index contributed by atoms with van der Waals surface area (Å²) in [6.07, 6.45) is -2.70. The van der Waals surface area contributed by atoms with Crippen LogP contribution in [0.25, 0.3) is 0 Å². The van der Waals surface area contributed by atoms with Gasteiger partial charge < -0.3 is 20.1 Å².